The van der Waals surface area contributed by atoms with E-state index in [4.69, 9.17) is 0 Å². The molecule has 3 heterocycles. The lowest BCUT2D eigenvalue weighted by molar-refractivity contribution is -0.135. The van der Waals surface area contributed by atoms with Crippen molar-refractivity contribution < 1.29 is 14.4 Å². The molecule has 2 saturated heterocycles. The minimum absolute atomic E-state index is 0.159. The average Bonchev–Trinajstić information content (AvgIpc) is 3.01. The number of nitrogens with zero attached hydrogens (tertiary/aromatic N) is 2. The number of amides is 4. The van der Waals surface area contributed by atoms with E-state index >= 15 is 0 Å². The van der Waals surface area contributed by atoms with E-state index in [1.54, 1.807) is 11.0 Å². The lowest BCUT2D eigenvalue weighted by atomic mass is 10.2. The second-order valence-electron chi connectivity index (χ2n) is 5.69. The van der Waals surface area contributed by atoms with Crippen molar-refractivity contribution in [2.24, 2.45) is 0 Å². The van der Waals surface area contributed by atoms with Gasteiger partial charge in [-0.1, -0.05) is 18.9 Å². The summed E-state index contributed by atoms with van der Waals surface area (Å²) in [6.45, 7) is 1.23. The van der Waals surface area contributed by atoms with Crippen molar-refractivity contribution in [3.63, 3.8) is 0 Å². The van der Waals surface area contributed by atoms with Crippen LogP contribution in [0.4, 0.5) is 4.79 Å². The molecule has 23 heavy (non-hydrogen) atoms. The summed E-state index contributed by atoms with van der Waals surface area (Å²) < 4.78 is 0. The lowest BCUT2D eigenvalue weighted by Crippen LogP contribution is -2.43. The molecule has 1 aromatic heterocycles. The first-order valence-corrected chi connectivity index (χ1v) is 8.69. The molecule has 6 nitrogen and oxygen atoms in total. The Hall–Kier alpha value is -2.15. The lowest BCUT2D eigenvalue weighted by Gasteiger charge is -2.22. The highest BCUT2D eigenvalue weighted by Gasteiger charge is 2.35. The fourth-order valence-electron chi connectivity index (χ4n) is 2.79. The molecule has 1 N–H and O–H groups in total. The second-order valence-corrected chi connectivity index (χ2v) is 6.67. The Morgan fingerprint density at radius 1 is 1.22 bits per heavy atom. The summed E-state index contributed by atoms with van der Waals surface area (Å²) in [5.74, 6) is -0.598. The molecule has 0 unspecified atom stereocenters. The van der Waals surface area contributed by atoms with Gasteiger partial charge in [-0.25, -0.2) is 9.69 Å². The van der Waals surface area contributed by atoms with Crippen LogP contribution in [0.3, 0.4) is 0 Å². The molecule has 3 rings (SSSR count). The predicted octanol–water partition coefficient (Wildman–Crippen LogP) is 2.04. The van der Waals surface area contributed by atoms with Crippen LogP contribution in [0.15, 0.2) is 23.2 Å². The third-order valence-electron chi connectivity index (χ3n) is 4.04. The molecule has 122 valence electrons. The molecule has 1 aromatic rings. The maximum absolute atomic E-state index is 12.4. The molecule has 0 radical (unpaired) electrons. The highest BCUT2D eigenvalue weighted by Crippen LogP contribution is 2.18. The minimum atomic E-state index is -0.527. The molecule has 0 atom stereocenters. The van der Waals surface area contributed by atoms with Gasteiger partial charge in [0.1, 0.15) is 12.2 Å². The number of hydrogen-bond donors (Lipinski definition) is 1. The molecule has 7 heteroatoms. The molecule has 0 aromatic carbocycles. The number of carbonyl (C=O) groups excluding carboxylic acids is 3. The van der Waals surface area contributed by atoms with Crippen LogP contribution in [-0.4, -0.2) is 47.3 Å². The van der Waals surface area contributed by atoms with E-state index in [-0.39, 0.29) is 18.1 Å². The standard InChI is InChI=1S/C16H19N3O3S/c20-14(18-7-3-1-2-4-8-18)11-19-15(21)13(17-16(19)22)10-12-6-5-9-23-12/h5-6,9-10H,1-4,7-8,11H2,(H,17,22)/b13-10-. The van der Waals surface area contributed by atoms with Crippen molar-refractivity contribution in [3.8, 4) is 0 Å². The van der Waals surface area contributed by atoms with Crippen molar-refractivity contribution in [2.75, 3.05) is 19.6 Å². The molecule has 2 aliphatic heterocycles. The Labute approximate surface area is 138 Å². The summed E-state index contributed by atoms with van der Waals surface area (Å²) in [5.41, 5.74) is 0.223. The van der Waals surface area contributed by atoms with Crippen LogP contribution in [0.25, 0.3) is 6.08 Å². The topological polar surface area (TPSA) is 69.7 Å². The predicted molar refractivity (Wildman–Crippen MR) is 87.6 cm³/mol. The van der Waals surface area contributed by atoms with E-state index in [0.717, 1.165) is 35.5 Å². The maximum atomic E-state index is 12.4. The van der Waals surface area contributed by atoms with Crippen LogP contribution in [0.2, 0.25) is 0 Å². The first-order chi connectivity index (χ1) is 11.1. The number of hydrogen-bond acceptors (Lipinski definition) is 4. The van der Waals surface area contributed by atoms with Gasteiger partial charge in [-0.3, -0.25) is 9.59 Å². The highest BCUT2D eigenvalue weighted by molar-refractivity contribution is 7.10. The van der Waals surface area contributed by atoms with E-state index < -0.39 is 11.9 Å². The van der Waals surface area contributed by atoms with Gasteiger partial charge in [0.2, 0.25) is 5.91 Å². The maximum Gasteiger partial charge on any atom is 0.329 e. The number of carbonyl (C=O) groups is 3. The fourth-order valence-corrected chi connectivity index (χ4v) is 3.44. The largest absolute Gasteiger partial charge is 0.341 e. The van der Waals surface area contributed by atoms with Gasteiger partial charge in [0.15, 0.2) is 0 Å². The third kappa shape index (κ3) is 3.61. The molecule has 0 saturated carbocycles. The Morgan fingerprint density at radius 3 is 2.61 bits per heavy atom. The second kappa shape index (κ2) is 6.95. The van der Waals surface area contributed by atoms with Crippen molar-refractivity contribution in [2.45, 2.75) is 25.7 Å². The van der Waals surface area contributed by atoms with E-state index in [1.165, 1.54) is 11.3 Å². The molecule has 2 fully saturated rings. The Bertz CT molecular complexity index is 631. The quantitative estimate of drug-likeness (QED) is 0.680. The molecule has 0 aliphatic carbocycles. The molecular weight excluding hydrogens is 314 g/mol. The van der Waals surface area contributed by atoms with Gasteiger partial charge in [0, 0.05) is 18.0 Å². The zero-order valence-electron chi connectivity index (χ0n) is 12.8. The zero-order chi connectivity index (χ0) is 16.2. The summed E-state index contributed by atoms with van der Waals surface area (Å²) in [4.78, 5) is 40.3. The first kappa shape index (κ1) is 15.7. The van der Waals surface area contributed by atoms with Crippen LogP contribution in [0.1, 0.15) is 30.6 Å². The van der Waals surface area contributed by atoms with Gasteiger partial charge in [-0.2, -0.15) is 0 Å². The van der Waals surface area contributed by atoms with Gasteiger partial charge in [0.05, 0.1) is 0 Å². The Kier molecular flexibility index (Phi) is 4.76. The summed E-state index contributed by atoms with van der Waals surface area (Å²) in [6.07, 6.45) is 5.85. The fraction of sp³-hybridized carbons (Fsp3) is 0.438. The van der Waals surface area contributed by atoms with Gasteiger partial charge in [-0.15, -0.1) is 11.3 Å². The third-order valence-corrected chi connectivity index (χ3v) is 4.86. The normalized spacial score (nSPS) is 20.8. The Balaban J connectivity index is 1.67. The van der Waals surface area contributed by atoms with Crippen LogP contribution in [0.5, 0.6) is 0 Å². The molecule has 0 bridgehead atoms. The highest BCUT2D eigenvalue weighted by atomic mass is 32.1. The SMILES string of the molecule is O=C(CN1C(=O)N/C(=C\c2cccs2)C1=O)N1CCCCCC1. The van der Waals surface area contributed by atoms with Gasteiger partial charge in [0.25, 0.3) is 5.91 Å². The minimum Gasteiger partial charge on any atom is -0.341 e. The van der Waals surface area contributed by atoms with Crippen molar-refractivity contribution in [1.82, 2.24) is 15.1 Å². The summed E-state index contributed by atoms with van der Waals surface area (Å²) >= 11 is 1.48. The van der Waals surface area contributed by atoms with Crippen LogP contribution in [0, 0.1) is 0 Å². The zero-order valence-corrected chi connectivity index (χ0v) is 13.6. The van der Waals surface area contributed by atoms with E-state index in [0.29, 0.717) is 13.1 Å². The van der Waals surface area contributed by atoms with E-state index in [1.807, 2.05) is 17.5 Å². The van der Waals surface area contributed by atoms with E-state index in [9.17, 15) is 14.4 Å². The van der Waals surface area contributed by atoms with Gasteiger partial charge < -0.3 is 10.2 Å². The summed E-state index contributed by atoms with van der Waals surface area (Å²) in [5, 5.41) is 4.44. The molecule has 4 amide bonds. The van der Waals surface area contributed by atoms with Crippen LogP contribution in [-0.2, 0) is 9.59 Å². The monoisotopic (exact) mass is 333 g/mol. The van der Waals surface area contributed by atoms with Crippen LogP contribution < -0.4 is 5.32 Å². The van der Waals surface area contributed by atoms with Gasteiger partial charge >= 0.3 is 6.03 Å². The Morgan fingerprint density at radius 2 is 1.96 bits per heavy atom. The van der Waals surface area contributed by atoms with E-state index in [2.05, 4.69) is 5.32 Å². The number of urea groups is 1. The number of thiophene rings is 1. The van der Waals surface area contributed by atoms with Crippen molar-refractivity contribution in [1.29, 1.82) is 0 Å². The summed E-state index contributed by atoms with van der Waals surface area (Å²) in [6, 6.07) is 3.21. The van der Waals surface area contributed by atoms with Crippen LogP contribution >= 0.6 is 11.3 Å². The molecule has 2 aliphatic rings. The summed E-state index contributed by atoms with van der Waals surface area (Å²) in [7, 11) is 0. The van der Waals surface area contributed by atoms with Crippen molar-refractivity contribution >= 4 is 35.3 Å². The number of nitrogens with one attached hydrogen (secondary N) is 1. The molecular formula is C16H19N3O3S. The number of rotatable bonds is 3. The number of imide groups is 1. The smallest absolute Gasteiger partial charge is 0.329 e. The van der Waals surface area contributed by atoms with Crippen molar-refractivity contribution in [3.05, 3.63) is 28.1 Å². The van der Waals surface area contributed by atoms with Gasteiger partial charge in [-0.05, 0) is 30.4 Å². The average molecular weight is 333 g/mol. The number of likely N-dealkylation sites (tertiary alicyclic amines) is 1. The first-order valence-electron chi connectivity index (χ1n) is 7.81. The molecule has 0 spiro atoms.